The van der Waals surface area contributed by atoms with Crippen molar-refractivity contribution in [3.63, 3.8) is 0 Å². The number of carboxylic acids is 1. The first-order chi connectivity index (χ1) is 9.04. The lowest BCUT2D eigenvalue weighted by molar-refractivity contribution is 0.0697. The van der Waals surface area contributed by atoms with Gasteiger partial charge >= 0.3 is 5.97 Å². The molecule has 1 N–H and O–H groups in total. The molecule has 1 aromatic carbocycles. The van der Waals surface area contributed by atoms with E-state index >= 15 is 0 Å². The fourth-order valence-electron chi connectivity index (χ4n) is 1.62. The third-order valence-corrected chi connectivity index (χ3v) is 6.93. The zero-order chi connectivity index (χ0) is 13.6. The first-order valence-electron chi connectivity index (χ1n) is 5.13. The molecule has 0 bridgehead atoms. The Balaban J connectivity index is 2.13. The quantitative estimate of drug-likeness (QED) is 0.618. The van der Waals surface area contributed by atoms with Crippen molar-refractivity contribution >= 4 is 70.7 Å². The molecule has 0 saturated carbocycles. The van der Waals surface area contributed by atoms with Crippen molar-refractivity contribution in [3.8, 4) is 9.88 Å². The Kier molecular flexibility index (Phi) is 3.46. The van der Waals surface area contributed by atoms with Crippen molar-refractivity contribution < 1.29 is 9.90 Å². The Morgan fingerprint density at radius 1 is 1.21 bits per heavy atom. The smallest absolute Gasteiger partial charge is 0.335 e. The molecule has 3 rings (SSSR count). The summed E-state index contributed by atoms with van der Waals surface area (Å²) >= 11 is 10.0. The van der Waals surface area contributed by atoms with Crippen molar-refractivity contribution in [2.75, 3.05) is 0 Å². The van der Waals surface area contributed by atoms with Crippen molar-refractivity contribution in [2.24, 2.45) is 0 Å². The molecule has 0 atom stereocenters. The minimum atomic E-state index is -0.918. The second-order valence-electron chi connectivity index (χ2n) is 3.74. The van der Waals surface area contributed by atoms with Gasteiger partial charge in [0.2, 0.25) is 0 Å². The largest absolute Gasteiger partial charge is 0.478 e. The van der Waals surface area contributed by atoms with Crippen LogP contribution in [0, 0.1) is 0 Å². The van der Waals surface area contributed by atoms with Gasteiger partial charge in [-0.05, 0) is 56.1 Å². The average Bonchev–Trinajstić information content (AvgIpc) is 2.92. The third kappa shape index (κ3) is 2.47. The van der Waals surface area contributed by atoms with Crippen molar-refractivity contribution in [2.45, 2.75) is 0 Å². The van der Waals surface area contributed by atoms with Crippen LogP contribution in [0.5, 0.6) is 0 Å². The van der Waals surface area contributed by atoms with Crippen molar-refractivity contribution in [3.05, 3.63) is 38.1 Å². The maximum atomic E-state index is 10.9. The summed E-state index contributed by atoms with van der Waals surface area (Å²) in [5.41, 5.74) is 1.11. The Bertz CT molecular complexity index is 775. The molecule has 0 saturated heterocycles. The molecule has 3 nitrogen and oxygen atoms in total. The normalized spacial score (nSPS) is 11.1. The lowest BCUT2D eigenvalue weighted by Crippen LogP contribution is -1.94. The molecule has 0 amide bonds. The second kappa shape index (κ2) is 4.97. The highest BCUT2D eigenvalue weighted by atomic mass is 79.9. The van der Waals surface area contributed by atoms with E-state index < -0.39 is 5.97 Å². The zero-order valence-corrected chi connectivity index (χ0v) is 14.0. The standard InChI is InChI=1S/C12H5Br2NO2S2/c13-6-4-9(18-10(6)14)11-15-7-2-1-5(12(16)17)3-8(7)19-11/h1-4H,(H,16,17). The molecule has 3 aromatic rings. The van der Waals surface area contributed by atoms with Crippen LogP contribution in [0.2, 0.25) is 0 Å². The van der Waals surface area contributed by atoms with Gasteiger partial charge in [0.25, 0.3) is 0 Å². The minimum absolute atomic E-state index is 0.288. The summed E-state index contributed by atoms with van der Waals surface area (Å²) in [6.07, 6.45) is 0. The fraction of sp³-hybridized carbons (Fsp3) is 0. The number of thiazole rings is 1. The molecular weight excluding hydrogens is 414 g/mol. The Morgan fingerprint density at radius 3 is 2.63 bits per heavy atom. The van der Waals surface area contributed by atoms with Crippen LogP contribution in [-0.4, -0.2) is 16.1 Å². The molecular formula is C12H5Br2NO2S2. The topological polar surface area (TPSA) is 50.2 Å². The van der Waals surface area contributed by atoms with E-state index in [1.54, 1.807) is 29.5 Å². The van der Waals surface area contributed by atoms with Crippen LogP contribution >= 0.6 is 54.5 Å². The first-order valence-corrected chi connectivity index (χ1v) is 8.35. The molecule has 2 heterocycles. The van der Waals surface area contributed by atoms with E-state index in [0.29, 0.717) is 0 Å². The van der Waals surface area contributed by atoms with Crippen LogP contribution in [0.25, 0.3) is 20.1 Å². The van der Waals surface area contributed by atoms with E-state index in [-0.39, 0.29) is 5.56 Å². The highest BCUT2D eigenvalue weighted by Crippen LogP contribution is 2.40. The van der Waals surface area contributed by atoms with Gasteiger partial charge in [-0.15, -0.1) is 22.7 Å². The van der Waals surface area contributed by atoms with Gasteiger partial charge in [0.1, 0.15) is 5.01 Å². The highest BCUT2D eigenvalue weighted by Gasteiger charge is 2.12. The molecule has 0 radical (unpaired) electrons. The number of hydrogen-bond donors (Lipinski definition) is 1. The first kappa shape index (κ1) is 13.2. The fourth-order valence-corrected chi connectivity index (χ4v) is 4.70. The van der Waals surface area contributed by atoms with Crippen LogP contribution in [0.1, 0.15) is 10.4 Å². The van der Waals surface area contributed by atoms with E-state index in [0.717, 1.165) is 28.4 Å². The monoisotopic (exact) mass is 417 g/mol. The number of thiophene rings is 1. The number of halogens is 2. The number of rotatable bonds is 2. The van der Waals surface area contributed by atoms with Crippen LogP contribution in [0.15, 0.2) is 32.5 Å². The Labute approximate surface area is 133 Å². The summed E-state index contributed by atoms with van der Waals surface area (Å²) in [6.45, 7) is 0. The molecule has 7 heteroatoms. The minimum Gasteiger partial charge on any atom is -0.478 e. The SMILES string of the molecule is O=C(O)c1ccc2nc(-c3cc(Br)c(Br)s3)sc2c1. The van der Waals surface area contributed by atoms with E-state index in [1.807, 2.05) is 6.07 Å². The number of carboxylic acid groups (broad SMARTS) is 1. The lowest BCUT2D eigenvalue weighted by Gasteiger charge is -1.91. The van der Waals surface area contributed by atoms with Crippen LogP contribution in [0.3, 0.4) is 0 Å². The van der Waals surface area contributed by atoms with E-state index in [9.17, 15) is 4.79 Å². The predicted octanol–water partition coefficient (Wildman–Crippen LogP) is 5.25. The maximum Gasteiger partial charge on any atom is 0.335 e. The summed E-state index contributed by atoms with van der Waals surface area (Å²) in [5.74, 6) is -0.918. The van der Waals surface area contributed by atoms with Crippen molar-refractivity contribution in [1.82, 2.24) is 4.98 Å². The summed E-state index contributed by atoms with van der Waals surface area (Å²) in [7, 11) is 0. The summed E-state index contributed by atoms with van der Waals surface area (Å²) in [5, 5.41) is 9.88. The number of benzene rings is 1. The van der Waals surface area contributed by atoms with Gasteiger partial charge < -0.3 is 5.11 Å². The van der Waals surface area contributed by atoms with Gasteiger partial charge in [-0.25, -0.2) is 9.78 Å². The molecule has 0 aliphatic rings. The van der Waals surface area contributed by atoms with Gasteiger partial charge in [-0.1, -0.05) is 0 Å². The van der Waals surface area contributed by atoms with E-state index in [2.05, 4.69) is 36.8 Å². The highest BCUT2D eigenvalue weighted by molar-refractivity contribution is 9.13. The molecule has 0 unspecified atom stereocenters. The summed E-state index contributed by atoms with van der Waals surface area (Å²) in [6, 6.07) is 6.99. The van der Waals surface area contributed by atoms with Gasteiger partial charge in [0.05, 0.1) is 24.4 Å². The van der Waals surface area contributed by atoms with Gasteiger partial charge in [-0.2, -0.15) is 0 Å². The van der Waals surface area contributed by atoms with Gasteiger partial charge in [0.15, 0.2) is 0 Å². The Hall–Kier alpha value is -0.760. The molecule has 96 valence electrons. The zero-order valence-electron chi connectivity index (χ0n) is 9.18. The van der Waals surface area contributed by atoms with E-state index in [1.165, 1.54) is 11.3 Å². The molecule has 19 heavy (non-hydrogen) atoms. The summed E-state index contributed by atoms with van der Waals surface area (Å²) in [4.78, 5) is 16.5. The number of aromatic carboxylic acids is 1. The van der Waals surface area contributed by atoms with Gasteiger partial charge in [-0.3, -0.25) is 0 Å². The van der Waals surface area contributed by atoms with E-state index in [4.69, 9.17) is 5.11 Å². The molecule has 0 spiro atoms. The average molecular weight is 419 g/mol. The number of nitrogens with zero attached hydrogens (tertiary/aromatic N) is 1. The third-order valence-electron chi connectivity index (χ3n) is 2.49. The van der Waals surface area contributed by atoms with Crippen LogP contribution < -0.4 is 0 Å². The number of carbonyl (C=O) groups is 1. The molecule has 0 fully saturated rings. The van der Waals surface area contributed by atoms with Gasteiger partial charge in [0, 0.05) is 4.47 Å². The number of fused-ring (bicyclic) bond motifs is 1. The second-order valence-corrected chi connectivity index (χ2v) is 7.99. The maximum absolute atomic E-state index is 10.9. The molecule has 2 aromatic heterocycles. The predicted molar refractivity (Wildman–Crippen MR) is 85.3 cm³/mol. The van der Waals surface area contributed by atoms with Crippen LogP contribution in [0.4, 0.5) is 0 Å². The Morgan fingerprint density at radius 2 is 2.00 bits per heavy atom. The molecule has 0 aliphatic heterocycles. The summed E-state index contributed by atoms with van der Waals surface area (Å²) < 4.78 is 2.90. The molecule has 0 aliphatic carbocycles. The lowest BCUT2D eigenvalue weighted by atomic mass is 10.2. The number of hydrogen-bond acceptors (Lipinski definition) is 4. The van der Waals surface area contributed by atoms with Crippen molar-refractivity contribution in [1.29, 1.82) is 0 Å². The number of aromatic nitrogens is 1. The van der Waals surface area contributed by atoms with Crippen LogP contribution in [-0.2, 0) is 0 Å².